The van der Waals surface area contributed by atoms with Gasteiger partial charge >= 0.3 is 0 Å². The lowest BCUT2D eigenvalue weighted by Crippen LogP contribution is -2.43. The van der Waals surface area contributed by atoms with Crippen LogP contribution in [-0.4, -0.2) is 22.2 Å². The molecule has 1 saturated heterocycles. The van der Waals surface area contributed by atoms with Crippen LogP contribution >= 0.6 is 0 Å². The summed E-state index contributed by atoms with van der Waals surface area (Å²) in [5, 5.41) is 11.2. The highest BCUT2D eigenvalue weighted by molar-refractivity contribution is 5.77. The Hall–Kier alpha value is -2.13. The van der Waals surface area contributed by atoms with Crippen molar-refractivity contribution >= 4 is 5.91 Å². The van der Waals surface area contributed by atoms with E-state index in [2.05, 4.69) is 42.5 Å². The number of hydroxylamine groups is 2. The zero-order chi connectivity index (χ0) is 18.9. The molecule has 2 aromatic rings. The van der Waals surface area contributed by atoms with Crippen LogP contribution in [0.4, 0.5) is 0 Å². The summed E-state index contributed by atoms with van der Waals surface area (Å²) in [7, 11) is 0. The molecule has 0 aliphatic carbocycles. The van der Waals surface area contributed by atoms with E-state index in [9.17, 15) is 10.0 Å². The van der Waals surface area contributed by atoms with E-state index < -0.39 is 0 Å². The monoisotopic (exact) mass is 365 g/mol. The van der Waals surface area contributed by atoms with Gasteiger partial charge in [0.05, 0.1) is 6.04 Å². The average Bonchev–Trinajstić information content (AvgIpc) is 2.71. The number of rotatable bonds is 9. The zero-order valence-corrected chi connectivity index (χ0v) is 16.1. The number of nitrogens with zero attached hydrogens (tertiary/aromatic N) is 1. The van der Waals surface area contributed by atoms with Crippen molar-refractivity contribution in [1.82, 2.24) is 5.06 Å². The van der Waals surface area contributed by atoms with Gasteiger partial charge in [-0.25, -0.2) is 5.06 Å². The van der Waals surface area contributed by atoms with Crippen molar-refractivity contribution in [3.05, 3.63) is 71.8 Å². The van der Waals surface area contributed by atoms with E-state index >= 15 is 0 Å². The molecule has 0 spiro atoms. The highest BCUT2D eigenvalue weighted by atomic mass is 16.5. The van der Waals surface area contributed by atoms with Crippen LogP contribution in [0.2, 0.25) is 0 Å². The first kappa shape index (κ1) is 19.6. The molecule has 27 heavy (non-hydrogen) atoms. The summed E-state index contributed by atoms with van der Waals surface area (Å²) in [6.45, 7) is 0. The Morgan fingerprint density at radius 3 is 2.22 bits per heavy atom. The Labute approximate surface area is 163 Å². The summed E-state index contributed by atoms with van der Waals surface area (Å²) >= 11 is 0. The number of hydrogen-bond donors (Lipinski definition) is 1. The fourth-order valence-electron chi connectivity index (χ4n) is 4.12. The molecule has 0 bridgehead atoms. The van der Waals surface area contributed by atoms with Crippen LogP contribution in [0, 0.1) is 0 Å². The van der Waals surface area contributed by atoms with Gasteiger partial charge in [-0.3, -0.25) is 10.0 Å². The number of unbranched alkanes of at least 4 members (excludes halogenated alkanes) is 4. The third kappa shape index (κ3) is 5.93. The van der Waals surface area contributed by atoms with Crippen molar-refractivity contribution in [2.24, 2.45) is 0 Å². The first-order valence-electron chi connectivity index (χ1n) is 10.3. The van der Waals surface area contributed by atoms with E-state index in [1.54, 1.807) is 0 Å². The van der Waals surface area contributed by atoms with Gasteiger partial charge in [0.25, 0.3) is 0 Å². The predicted molar refractivity (Wildman–Crippen MR) is 109 cm³/mol. The minimum atomic E-state index is -0.136. The lowest BCUT2D eigenvalue weighted by Gasteiger charge is -2.35. The van der Waals surface area contributed by atoms with Crippen LogP contribution < -0.4 is 0 Å². The Kier molecular flexibility index (Phi) is 7.46. The quantitative estimate of drug-likeness (QED) is 0.455. The SMILES string of the molecule is O=C1C[C@H](c2ccccc2)C[C@@H](CCCCCCCc2ccccc2)N1O. The van der Waals surface area contributed by atoms with Gasteiger partial charge in [-0.15, -0.1) is 0 Å². The molecule has 1 aliphatic rings. The first-order chi connectivity index (χ1) is 13.2. The molecule has 1 aliphatic heterocycles. The molecule has 0 radical (unpaired) electrons. The molecule has 1 N–H and O–H groups in total. The summed E-state index contributed by atoms with van der Waals surface area (Å²) in [4.78, 5) is 12.2. The van der Waals surface area contributed by atoms with E-state index in [-0.39, 0.29) is 17.9 Å². The second-order valence-electron chi connectivity index (χ2n) is 7.73. The first-order valence-corrected chi connectivity index (χ1v) is 10.3. The smallest absolute Gasteiger partial charge is 0.246 e. The standard InChI is InChI=1S/C24H31NO2/c26-24-19-22(21-15-9-5-10-16-21)18-23(25(24)27)17-11-3-1-2-6-12-20-13-7-4-8-14-20/h4-5,7-10,13-16,22-23,27H,1-3,6,11-12,17-19H2/t22-,23-/m1/s1. The predicted octanol–water partition coefficient (Wildman–Crippen LogP) is 5.73. The molecule has 1 heterocycles. The Morgan fingerprint density at radius 2 is 1.48 bits per heavy atom. The number of benzene rings is 2. The Morgan fingerprint density at radius 1 is 0.852 bits per heavy atom. The van der Waals surface area contributed by atoms with Gasteiger partial charge in [0.2, 0.25) is 5.91 Å². The second-order valence-corrected chi connectivity index (χ2v) is 7.73. The molecule has 2 aromatic carbocycles. The summed E-state index contributed by atoms with van der Waals surface area (Å²) in [6, 6.07) is 20.8. The van der Waals surface area contributed by atoms with Gasteiger partial charge in [-0.05, 0) is 42.7 Å². The minimum absolute atomic E-state index is 0.0409. The summed E-state index contributed by atoms with van der Waals surface area (Å²) in [5.74, 6) is 0.0981. The number of carbonyl (C=O) groups is 1. The fourth-order valence-corrected chi connectivity index (χ4v) is 4.12. The van der Waals surface area contributed by atoms with Crippen LogP contribution in [0.5, 0.6) is 0 Å². The lowest BCUT2D eigenvalue weighted by molar-refractivity contribution is -0.184. The highest BCUT2D eigenvalue weighted by Gasteiger charge is 2.33. The summed E-state index contributed by atoms with van der Waals surface area (Å²) in [6.07, 6.45) is 9.26. The maximum atomic E-state index is 12.2. The van der Waals surface area contributed by atoms with Gasteiger partial charge in [0.15, 0.2) is 0 Å². The number of carbonyl (C=O) groups excluding carboxylic acids is 1. The second kappa shape index (κ2) is 10.3. The molecule has 1 amide bonds. The van der Waals surface area contributed by atoms with Crippen molar-refractivity contribution in [3.8, 4) is 0 Å². The number of aryl methyl sites for hydroxylation is 1. The van der Waals surface area contributed by atoms with E-state index in [0.717, 1.165) is 30.7 Å². The third-order valence-corrected chi connectivity index (χ3v) is 5.70. The maximum Gasteiger partial charge on any atom is 0.246 e. The van der Waals surface area contributed by atoms with Crippen molar-refractivity contribution in [1.29, 1.82) is 0 Å². The normalized spacial score (nSPS) is 20.0. The summed E-state index contributed by atoms with van der Waals surface area (Å²) in [5.41, 5.74) is 2.63. The molecule has 0 aromatic heterocycles. The van der Waals surface area contributed by atoms with Crippen molar-refractivity contribution in [2.45, 2.75) is 69.7 Å². The Bertz CT molecular complexity index is 686. The van der Waals surface area contributed by atoms with Crippen LogP contribution in [-0.2, 0) is 11.2 Å². The van der Waals surface area contributed by atoms with Crippen molar-refractivity contribution in [2.75, 3.05) is 0 Å². The highest BCUT2D eigenvalue weighted by Crippen LogP contribution is 2.33. The van der Waals surface area contributed by atoms with Gasteiger partial charge in [0.1, 0.15) is 0 Å². The van der Waals surface area contributed by atoms with E-state index in [1.807, 2.05) is 18.2 Å². The number of hydrogen-bond acceptors (Lipinski definition) is 2. The minimum Gasteiger partial charge on any atom is -0.286 e. The van der Waals surface area contributed by atoms with Crippen LogP contribution in [0.3, 0.4) is 0 Å². The van der Waals surface area contributed by atoms with Crippen LogP contribution in [0.1, 0.15) is 68.4 Å². The molecular formula is C24H31NO2. The molecule has 1 fully saturated rings. The largest absolute Gasteiger partial charge is 0.286 e. The molecular weight excluding hydrogens is 334 g/mol. The van der Waals surface area contributed by atoms with E-state index in [4.69, 9.17) is 0 Å². The van der Waals surface area contributed by atoms with Crippen molar-refractivity contribution in [3.63, 3.8) is 0 Å². The van der Waals surface area contributed by atoms with Gasteiger partial charge in [-0.2, -0.15) is 0 Å². The Balaban J connectivity index is 1.36. The average molecular weight is 366 g/mol. The van der Waals surface area contributed by atoms with Crippen LogP contribution in [0.15, 0.2) is 60.7 Å². The molecule has 3 heteroatoms. The van der Waals surface area contributed by atoms with E-state index in [1.165, 1.54) is 36.8 Å². The zero-order valence-electron chi connectivity index (χ0n) is 16.1. The van der Waals surface area contributed by atoms with Gasteiger partial charge in [0, 0.05) is 6.42 Å². The van der Waals surface area contributed by atoms with Gasteiger partial charge < -0.3 is 0 Å². The molecule has 0 unspecified atom stereocenters. The maximum absolute atomic E-state index is 12.2. The van der Waals surface area contributed by atoms with Gasteiger partial charge in [-0.1, -0.05) is 86.3 Å². The third-order valence-electron chi connectivity index (χ3n) is 5.70. The molecule has 3 nitrogen and oxygen atoms in total. The fraction of sp³-hybridized carbons (Fsp3) is 0.458. The van der Waals surface area contributed by atoms with E-state index in [0.29, 0.717) is 6.42 Å². The molecule has 2 atom stereocenters. The molecule has 3 rings (SSSR count). The molecule has 144 valence electrons. The van der Waals surface area contributed by atoms with Crippen LogP contribution in [0.25, 0.3) is 0 Å². The lowest BCUT2D eigenvalue weighted by atomic mass is 9.84. The number of piperidine rings is 1. The topological polar surface area (TPSA) is 40.5 Å². The molecule has 0 saturated carbocycles. The van der Waals surface area contributed by atoms with Crippen molar-refractivity contribution < 1.29 is 10.0 Å². The number of amides is 1. The summed E-state index contributed by atoms with van der Waals surface area (Å²) < 4.78 is 0.